The summed E-state index contributed by atoms with van der Waals surface area (Å²) in [4.78, 5) is 33.8. The summed E-state index contributed by atoms with van der Waals surface area (Å²) in [5, 5.41) is 0.964. The molecule has 0 saturated heterocycles. The summed E-state index contributed by atoms with van der Waals surface area (Å²) in [5.74, 6) is 0.375. The van der Waals surface area contributed by atoms with Crippen molar-refractivity contribution in [3.05, 3.63) is 30.3 Å². The highest BCUT2D eigenvalue weighted by atomic mass is 16.6. The van der Waals surface area contributed by atoms with Crippen molar-refractivity contribution in [2.75, 3.05) is 19.6 Å². The van der Waals surface area contributed by atoms with Crippen LogP contribution in [0, 0.1) is 11.3 Å². The van der Waals surface area contributed by atoms with Gasteiger partial charge in [-0.2, -0.15) is 0 Å². The van der Waals surface area contributed by atoms with E-state index in [4.69, 9.17) is 9.15 Å². The van der Waals surface area contributed by atoms with E-state index in [0.717, 1.165) is 16.7 Å². The Labute approximate surface area is 192 Å². The summed E-state index contributed by atoms with van der Waals surface area (Å²) in [7, 11) is 0. The van der Waals surface area contributed by atoms with Gasteiger partial charge in [0.15, 0.2) is 5.58 Å². The third kappa shape index (κ3) is 7.84. The van der Waals surface area contributed by atoms with Gasteiger partial charge in [-0.15, -0.1) is 0 Å². The molecule has 32 heavy (non-hydrogen) atoms. The van der Waals surface area contributed by atoms with E-state index in [1.807, 2.05) is 58.6 Å². The van der Waals surface area contributed by atoms with E-state index in [2.05, 4.69) is 18.8 Å². The summed E-state index contributed by atoms with van der Waals surface area (Å²) < 4.78 is 10.9. The first-order valence-corrected chi connectivity index (χ1v) is 11.4. The van der Waals surface area contributed by atoms with E-state index in [1.165, 1.54) is 0 Å². The lowest BCUT2D eigenvalue weighted by Crippen LogP contribution is -2.43. The number of hydrogen-bond acceptors (Lipinski definition) is 5. The molecule has 0 aliphatic rings. The van der Waals surface area contributed by atoms with Gasteiger partial charge in [-0.05, 0) is 45.2 Å². The minimum absolute atomic E-state index is 0.0549. The van der Waals surface area contributed by atoms with Crippen molar-refractivity contribution in [2.24, 2.45) is 11.3 Å². The molecule has 7 heteroatoms. The molecule has 2 rings (SSSR count). The fourth-order valence-corrected chi connectivity index (χ4v) is 3.40. The molecule has 0 spiro atoms. The molecule has 0 atom stereocenters. The third-order valence-corrected chi connectivity index (χ3v) is 4.77. The van der Waals surface area contributed by atoms with Gasteiger partial charge in [-0.25, -0.2) is 4.79 Å². The van der Waals surface area contributed by atoms with Gasteiger partial charge in [0.2, 0.25) is 5.91 Å². The molecule has 0 radical (unpaired) electrons. The van der Waals surface area contributed by atoms with Crippen LogP contribution >= 0.6 is 0 Å². The first-order chi connectivity index (χ1) is 14.8. The van der Waals surface area contributed by atoms with Crippen LogP contribution in [-0.2, 0) is 16.1 Å². The van der Waals surface area contributed by atoms with Crippen LogP contribution in [0.5, 0.6) is 0 Å². The van der Waals surface area contributed by atoms with Crippen LogP contribution in [0.15, 0.2) is 29.0 Å². The van der Waals surface area contributed by atoms with Crippen LogP contribution < -0.4 is 0 Å². The van der Waals surface area contributed by atoms with Crippen LogP contribution in [0.2, 0.25) is 0 Å². The zero-order chi connectivity index (χ0) is 24.1. The van der Waals surface area contributed by atoms with Crippen molar-refractivity contribution < 1.29 is 18.7 Å². The van der Waals surface area contributed by atoms with Crippen molar-refractivity contribution >= 4 is 23.0 Å². The molecule has 0 N–H and O–H groups in total. The molecular weight excluding hydrogens is 406 g/mol. The van der Waals surface area contributed by atoms with E-state index < -0.39 is 11.0 Å². The molecule has 178 valence electrons. The Balaban J connectivity index is 2.10. The fraction of sp³-hybridized carbons (Fsp3) is 0.640. The topological polar surface area (TPSA) is 75.9 Å². The number of pyridine rings is 1. The number of carbonyl (C=O) groups is 2. The molecule has 0 bridgehead atoms. The fourth-order valence-electron chi connectivity index (χ4n) is 3.40. The highest BCUT2D eigenvalue weighted by Crippen LogP contribution is 2.21. The van der Waals surface area contributed by atoms with E-state index in [0.29, 0.717) is 38.5 Å². The number of aromatic nitrogens is 1. The predicted octanol–water partition coefficient (Wildman–Crippen LogP) is 5.49. The third-order valence-electron chi connectivity index (χ3n) is 4.77. The van der Waals surface area contributed by atoms with Crippen molar-refractivity contribution in [3.8, 4) is 0 Å². The summed E-state index contributed by atoms with van der Waals surface area (Å²) in [5.41, 5.74) is 0.479. The smallest absolute Gasteiger partial charge is 0.410 e. The van der Waals surface area contributed by atoms with Gasteiger partial charge in [0.25, 0.3) is 0 Å². The highest BCUT2D eigenvalue weighted by molar-refractivity contribution is 5.82. The zero-order valence-corrected chi connectivity index (χ0v) is 20.9. The largest absolute Gasteiger partial charge is 0.463 e. The molecule has 0 saturated carbocycles. The maximum atomic E-state index is 13.1. The van der Waals surface area contributed by atoms with Crippen molar-refractivity contribution in [3.63, 3.8) is 0 Å². The number of amides is 2. The van der Waals surface area contributed by atoms with E-state index in [9.17, 15) is 9.59 Å². The van der Waals surface area contributed by atoms with Crippen LogP contribution in [-0.4, -0.2) is 52.0 Å². The lowest BCUT2D eigenvalue weighted by atomic mass is 9.94. The Hall–Kier alpha value is -2.57. The van der Waals surface area contributed by atoms with Crippen molar-refractivity contribution in [1.82, 2.24) is 14.8 Å². The van der Waals surface area contributed by atoms with E-state index in [1.54, 1.807) is 17.4 Å². The Bertz CT molecular complexity index is 906. The zero-order valence-electron chi connectivity index (χ0n) is 20.9. The standard InChI is InChI=1S/C25H39N3O4/c1-18(2)16-28(23(30)32-25(6,7)8)12-9-11-27(22(29)24(3,4)5)17-20-14-19-10-13-31-21(19)15-26-20/h10,13-15,18H,9,11-12,16-17H2,1-8H3. The summed E-state index contributed by atoms with van der Waals surface area (Å²) >= 11 is 0. The van der Waals surface area contributed by atoms with Crippen molar-refractivity contribution in [1.29, 1.82) is 0 Å². The van der Waals surface area contributed by atoms with Gasteiger partial charge in [0.1, 0.15) is 5.60 Å². The molecule has 2 amide bonds. The number of hydrogen-bond donors (Lipinski definition) is 0. The Morgan fingerprint density at radius 2 is 1.75 bits per heavy atom. The normalized spacial score (nSPS) is 12.3. The molecule has 0 aliphatic carbocycles. The van der Waals surface area contributed by atoms with Gasteiger partial charge >= 0.3 is 6.09 Å². The minimum atomic E-state index is -0.544. The molecule has 2 aromatic rings. The molecule has 0 aromatic carbocycles. The first kappa shape index (κ1) is 25.7. The first-order valence-electron chi connectivity index (χ1n) is 11.4. The second-order valence-corrected chi connectivity index (χ2v) is 10.8. The molecule has 7 nitrogen and oxygen atoms in total. The molecule has 2 aromatic heterocycles. The lowest BCUT2D eigenvalue weighted by Gasteiger charge is -2.31. The molecule has 0 unspecified atom stereocenters. The number of nitrogens with zero attached hydrogens (tertiary/aromatic N) is 3. The Kier molecular flexibility index (Phi) is 8.32. The Morgan fingerprint density at radius 3 is 2.34 bits per heavy atom. The van der Waals surface area contributed by atoms with Gasteiger partial charge in [0.05, 0.1) is 24.7 Å². The highest BCUT2D eigenvalue weighted by Gasteiger charge is 2.28. The number of carbonyl (C=O) groups excluding carboxylic acids is 2. The summed E-state index contributed by atoms with van der Waals surface area (Å²) in [6, 6.07) is 3.84. The van der Waals surface area contributed by atoms with Crippen LogP contribution in [0.1, 0.15) is 67.5 Å². The van der Waals surface area contributed by atoms with E-state index in [-0.39, 0.29) is 12.0 Å². The van der Waals surface area contributed by atoms with Crippen LogP contribution in [0.4, 0.5) is 4.79 Å². The minimum Gasteiger partial charge on any atom is -0.463 e. The SMILES string of the molecule is CC(C)CN(CCCN(Cc1cc2ccoc2cn1)C(=O)C(C)(C)C)C(=O)OC(C)(C)C. The van der Waals surface area contributed by atoms with Gasteiger partial charge < -0.3 is 19.0 Å². The molecular formula is C25H39N3O4. The monoisotopic (exact) mass is 445 g/mol. The van der Waals surface area contributed by atoms with Crippen LogP contribution in [0.25, 0.3) is 11.0 Å². The van der Waals surface area contributed by atoms with Gasteiger partial charge in [-0.1, -0.05) is 34.6 Å². The average Bonchev–Trinajstić information content (AvgIpc) is 3.11. The van der Waals surface area contributed by atoms with E-state index >= 15 is 0 Å². The maximum absolute atomic E-state index is 13.1. The molecule has 0 aliphatic heterocycles. The second kappa shape index (κ2) is 10.4. The molecule has 0 fully saturated rings. The van der Waals surface area contributed by atoms with Crippen molar-refractivity contribution in [2.45, 2.75) is 74.0 Å². The van der Waals surface area contributed by atoms with Gasteiger partial charge in [-0.3, -0.25) is 9.78 Å². The maximum Gasteiger partial charge on any atom is 0.410 e. The Morgan fingerprint density at radius 1 is 1.09 bits per heavy atom. The predicted molar refractivity (Wildman–Crippen MR) is 126 cm³/mol. The number of fused-ring (bicyclic) bond motifs is 1. The number of rotatable bonds is 8. The second-order valence-electron chi connectivity index (χ2n) is 10.8. The average molecular weight is 446 g/mol. The van der Waals surface area contributed by atoms with Crippen LogP contribution in [0.3, 0.4) is 0 Å². The summed E-state index contributed by atoms with van der Waals surface area (Å²) in [6.07, 6.45) is 3.67. The number of ether oxygens (including phenoxy) is 1. The number of furan rings is 1. The van der Waals surface area contributed by atoms with Gasteiger partial charge in [0, 0.05) is 30.4 Å². The quantitative estimate of drug-likeness (QED) is 0.537. The molecule has 2 heterocycles. The summed E-state index contributed by atoms with van der Waals surface area (Å²) in [6.45, 7) is 17.6. The lowest BCUT2D eigenvalue weighted by molar-refractivity contribution is -0.140.